The van der Waals surface area contributed by atoms with Crippen molar-refractivity contribution < 1.29 is 22.7 Å². The van der Waals surface area contributed by atoms with Gasteiger partial charge in [-0.2, -0.15) is 5.10 Å². The highest BCUT2D eigenvalue weighted by Gasteiger charge is 2.20. The van der Waals surface area contributed by atoms with Gasteiger partial charge in [0.05, 0.1) is 30.8 Å². The van der Waals surface area contributed by atoms with E-state index in [1.165, 1.54) is 13.3 Å². The van der Waals surface area contributed by atoms with Crippen LogP contribution in [0, 0.1) is 0 Å². The molecule has 9 heteroatoms. The van der Waals surface area contributed by atoms with Crippen LogP contribution in [-0.4, -0.2) is 46.4 Å². The molecule has 8 nitrogen and oxygen atoms in total. The molecule has 1 N–H and O–H groups in total. The first-order chi connectivity index (χ1) is 12.8. The molecule has 0 radical (unpaired) electrons. The van der Waals surface area contributed by atoms with Crippen LogP contribution in [0.2, 0.25) is 0 Å². The largest absolute Gasteiger partial charge is 0.465 e. The highest BCUT2D eigenvalue weighted by atomic mass is 32.2. The van der Waals surface area contributed by atoms with Crippen molar-refractivity contribution in [2.75, 3.05) is 24.2 Å². The third-order valence-electron chi connectivity index (χ3n) is 3.47. The summed E-state index contributed by atoms with van der Waals surface area (Å²) < 4.78 is 29.5. The molecule has 0 aromatic heterocycles. The Morgan fingerprint density at radius 3 is 2.30 bits per heavy atom. The molecule has 1 amide bonds. The highest BCUT2D eigenvalue weighted by molar-refractivity contribution is 7.92. The summed E-state index contributed by atoms with van der Waals surface area (Å²) in [4.78, 5) is 23.4. The van der Waals surface area contributed by atoms with E-state index in [-0.39, 0.29) is 0 Å². The van der Waals surface area contributed by atoms with Crippen molar-refractivity contribution in [3.05, 3.63) is 65.7 Å². The molecule has 2 aromatic rings. The number of methoxy groups -OCH3 is 1. The van der Waals surface area contributed by atoms with Gasteiger partial charge in [0.15, 0.2) is 0 Å². The van der Waals surface area contributed by atoms with Crippen LogP contribution in [0.5, 0.6) is 0 Å². The van der Waals surface area contributed by atoms with Gasteiger partial charge in [-0.1, -0.05) is 30.3 Å². The van der Waals surface area contributed by atoms with Crippen molar-refractivity contribution in [2.45, 2.75) is 0 Å². The van der Waals surface area contributed by atoms with Crippen LogP contribution in [0.4, 0.5) is 5.69 Å². The summed E-state index contributed by atoms with van der Waals surface area (Å²) in [6, 6.07) is 14.7. The van der Waals surface area contributed by atoms with Gasteiger partial charge in [0.1, 0.15) is 6.54 Å². The lowest BCUT2D eigenvalue weighted by Gasteiger charge is -2.21. The number of anilines is 1. The number of rotatable bonds is 7. The number of hydrazone groups is 1. The lowest BCUT2D eigenvalue weighted by molar-refractivity contribution is -0.119. The summed E-state index contributed by atoms with van der Waals surface area (Å²) in [6.45, 7) is -0.401. The minimum atomic E-state index is -3.63. The molecule has 0 aliphatic carbocycles. The summed E-state index contributed by atoms with van der Waals surface area (Å²) in [5.74, 6) is -1.04. The van der Waals surface area contributed by atoms with Crippen molar-refractivity contribution >= 4 is 33.8 Å². The molecule has 2 aromatic carbocycles. The Hall–Kier alpha value is -3.20. The Morgan fingerprint density at radius 1 is 1.11 bits per heavy atom. The molecule has 0 aliphatic rings. The number of carbonyl (C=O) groups excluding carboxylic acids is 2. The number of esters is 1. The molecule has 142 valence electrons. The van der Waals surface area contributed by atoms with Gasteiger partial charge >= 0.3 is 5.97 Å². The highest BCUT2D eigenvalue weighted by Crippen LogP contribution is 2.16. The van der Waals surface area contributed by atoms with Gasteiger partial charge in [0.2, 0.25) is 10.0 Å². The van der Waals surface area contributed by atoms with Crippen LogP contribution >= 0.6 is 0 Å². The molecule has 0 saturated heterocycles. The van der Waals surface area contributed by atoms with E-state index in [1.54, 1.807) is 54.6 Å². The number of nitrogens with one attached hydrogen (secondary N) is 1. The Kier molecular flexibility index (Phi) is 6.67. The first kappa shape index (κ1) is 20.1. The maximum absolute atomic E-state index is 12.1. The third kappa shape index (κ3) is 5.93. The molecule has 2 rings (SSSR count). The molecule has 0 saturated carbocycles. The van der Waals surface area contributed by atoms with Crippen LogP contribution < -0.4 is 9.73 Å². The fourth-order valence-corrected chi connectivity index (χ4v) is 3.02. The van der Waals surface area contributed by atoms with E-state index in [0.29, 0.717) is 16.8 Å². The van der Waals surface area contributed by atoms with E-state index >= 15 is 0 Å². The molecule has 0 fully saturated rings. The second-order valence-corrected chi connectivity index (χ2v) is 7.42. The summed E-state index contributed by atoms with van der Waals surface area (Å²) in [5, 5.41) is 3.80. The predicted molar refractivity (Wildman–Crippen MR) is 102 cm³/mol. The number of para-hydroxylation sites is 1. The van der Waals surface area contributed by atoms with Crippen molar-refractivity contribution in [3.8, 4) is 0 Å². The Morgan fingerprint density at radius 2 is 1.74 bits per heavy atom. The van der Waals surface area contributed by atoms with Gasteiger partial charge in [-0.25, -0.2) is 18.6 Å². The van der Waals surface area contributed by atoms with E-state index in [2.05, 4.69) is 15.3 Å². The van der Waals surface area contributed by atoms with E-state index in [0.717, 1.165) is 10.6 Å². The summed E-state index contributed by atoms with van der Waals surface area (Å²) in [7, 11) is -2.33. The molecular formula is C18H19N3O5S. The first-order valence-electron chi connectivity index (χ1n) is 7.84. The molecule has 0 unspecified atom stereocenters. The fourth-order valence-electron chi connectivity index (χ4n) is 2.16. The number of sulfonamides is 1. The van der Waals surface area contributed by atoms with Gasteiger partial charge in [-0.3, -0.25) is 9.10 Å². The molecule has 0 aliphatic heterocycles. The van der Waals surface area contributed by atoms with E-state index in [4.69, 9.17) is 0 Å². The van der Waals surface area contributed by atoms with Crippen molar-refractivity contribution in [3.63, 3.8) is 0 Å². The normalized spacial score (nSPS) is 11.2. The van der Waals surface area contributed by atoms with Gasteiger partial charge in [-0.15, -0.1) is 0 Å². The van der Waals surface area contributed by atoms with Gasteiger partial charge in [0, 0.05) is 0 Å². The van der Waals surface area contributed by atoms with Gasteiger partial charge in [0.25, 0.3) is 5.91 Å². The molecule has 0 atom stereocenters. The molecule has 0 heterocycles. The number of hydrogen-bond donors (Lipinski definition) is 1. The fraction of sp³-hybridized carbons (Fsp3) is 0.167. The summed E-state index contributed by atoms with van der Waals surface area (Å²) >= 11 is 0. The van der Waals surface area contributed by atoms with Crippen LogP contribution in [-0.2, 0) is 19.6 Å². The van der Waals surface area contributed by atoms with Gasteiger partial charge < -0.3 is 4.74 Å². The van der Waals surface area contributed by atoms with Crippen LogP contribution in [0.15, 0.2) is 59.7 Å². The predicted octanol–water partition coefficient (Wildman–Crippen LogP) is 1.39. The molecule has 27 heavy (non-hydrogen) atoms. The summed E-state index contributed by atoms with van der Waals surface area (Å²) in [5.41, 5.74) is 3.71. The zero-order chi connectivity index (χ0) is 19.9. The minimum Gasteiger partial charge on any atom is -0.465 e. The Labute approximate surface area is 157 Å². The van der Waals surface area contributed by atoms with Crippen molar-refractivity contribution in [2.24, 2.45) is 5.10 Å². The first-order valence-corrected chi connectivity index (χ1v) is 9.69. The van der Waals surface area contributed by atoms with Crippen LogP contribution in [0.3, 0.4) is 0 Å². The number of carbonyl (C=O) groups is 2. The third-order valence-corrected chi connectivity index (χ3v) is 4.61. The zero-order valence-corrected chi connectivity index (χ0v) is 15.6. The molecular weight excluding hydrogens is 370 g/mol. The second kappa shape index (κ2) is 8.95. The Bertz CT molecular complexity index is 925. The summed E-state index contributed by atoms with van der Waals surface area (Å²) in [6.07, 6.45) is 2.41. The maximum Gasteiger partial charge on any atom is 0.337 e. The smallest absolute Gasteiger partial charge is 0.337 e. The second-order valence-electron chi connectivity index (χ2n) is 5.51. The minimum absolute atomic E-state index is 0.387. The average Bonchev–Trinajstić information content (AvgIpc) is 2.66. The average molecular weight is 389 g/mol. The number of hydrogen-bond acceptors (Lipinski definition) is 6. The van der Waals surface area contributed by atoms with E-state index in [9.17, 15) is 18.0 Å². The number of amides is 1. The van der Waals surface area contributed by atoms with Crippen LogP contribution in [0.25, 0.3) is 0 Å². The van der Waals surface area contributed by atoms with Crippen molar-refractivity contribution in [1.82, 2.24) is 5.43 Å². The maximum atomic E-state index is 12.1. The quantitative estimate of drug-likeness (QED) is 0.438. The zero-order valence-electron chi connectivity index (χ0n) is 14.8. The molecule has 0 bridgehead atoms. The van der Waals surface area contributed by atoms with Gasteiger partial charge in [-0.05, 0) is 29.8 Å². The number of benzene rings is 2. The lowest BCUT2D eigenvalue weighted by Crippen LogP contribution is -2.38. The Balaban J connectivity index is 2.00. The monoisotopic (exact) mass is 389 g/mol. The molecule has 0 spiro atoms. The SMILES string of the molecule is COC(=O)c1ccc(/C=N\NC(=O)CN(c2ccccc2)S(C)(=O)=O)cc1. The standard InChI is InChI=1S/C18H19N3O5S/c1-26-18(23)15-10-8-14(9-11-15)12-19-20-17(22)13-21(27(2,24)25)16-6-4-3-5-7-16/h3-12H,13H2,1-2H3,(H,20,22)/b19-12-. The van der Waals surface area contributed by atoms with E-state index in [1.807, 2.05) is 0 Å². The van der Waals surface area contributed by atoms with Crippen molar-refractivity contribution in [1.29, 1.82) is 0 Å². The number of ether oxygens (including phenoxy) is 1. The van der Waals surface area contributed by atoms with Crippen LogP contribution in [0.1, 0.15) is 15.9 Å². The number of nitrogens with zero attached hydrogens (tertiary/aromatic N) is 2. The topological polar surface area (TPSA) is 105 Å². The lowest BCUT2D eigenvalue weighted by atomic mass is 10.1. The van der Waals surface area contributed by atoms with E-state index < -0.39 is 28.4 Å².